The summed E-state index contributed by atoms with van der Waals surface area (Å²) < 4.78 is 52.5. The monoisotopic (exact) mass is 615 g/mol. The second-order valence-electron chi connectivity index (χ2n) is 12.6. The largest absolute Gasteiger partial charge is 0.466 e. The van der Waals surface area contributed by atoms with Crippen molar-refractivity contribution in [1.82, 2.24) is 10.3 Å². The normalized spacial score (nSPS) is 17.7. The Kier molecular flexibility index (Phi) is 10.1. The average Bonchev–Trinajstić information content (AvgIpc) is 3.75. The van der Waals surface area contributed by atoms with Crippen LogP contribution in [0.4, 0.5) is 13.2 Å². The first kappa shape index (κ1) is 33.0. The third kappa shape index (κ3) is 8.60. The van der Waals surface area contributed by atoms with Crippen LogP contribution in [0.15, 0.2) is 59.7 Å². The molecule has 2 atom stereocenters. The third-order valence-corrected chi connectivity index (χ3v) is 7.89. The van der Waals surface area contributed by atoms with Crippen LogP contribution in [0.1, 0.15) is 82.4 Å². The molecule has 2 aromatic rings. The molecule has 1 saturated carbocycles. The number of halogens is 3. The molecule has 8 nitrogen and oxygen atoms in total. The number of esters is 1. The predicted octanol–water partition coefficient (Wildman–Crippen LogP) is 6.10. The molecule has 0 radical (unpaired) electrons. The van der Waals surface area contributed by atoms with Gasteiger partial charge in [0.1, 0.15) is 5.60 Å². The van der Waals surface area contributed by atoms with Crippen LogP contribution in [0.2, 0.25) is 0 Å². The molecule has 44 heavy (non-hydrogen) atoms. The molecule has 11 heteroatoms. The molecule has 0 saturated heterocycles. The van der Waals surface area contributed by atoms with Gasteiger partial charge in [0.25, 0.3) is 5.91 Å². The Morgan fingerprint density at radius 1 is 1.05 bits per heavy atom. The van der Waals surface area contributed by atoms with Crippen molar-refractivity contribution in [3.05, 3.63) is 71.3 Å². The number of carbonyl (C=O) groups excluding carboxylic acids is 3. The number of hydrogen-bond acceptors (Lipinski definition) is 6. The molecule has 238 valence electrons. The number of amides is 2. The first-order valence-corrected chi connectivity index (χ1v) is 14.9. The van der Waals surface area contributed by atoms with Crippen molar-refractivity contribution in [3.8, 4) is 0 Å². The number of nitrogens with zero attached hydrogens (tertiary/aromatic N) is 2. The van der Waals surface area contributed by atoms with Gasteiger partial charge in [-0.3, -0.25) is 14.4 Å². The minimum atomic E-state index is -4.59. The van der Waals surface area contributed by atoms with Crippen molar-refractivity contribution < 1.29 is 37.0 Å². The maximum absolute atomic E-state index is 13.8. The van der Waals surface area contributed by atoms with E-state index in [9.17, 15) is 27.6 Å². The van der Waals surface area contributed by atoms with Crippen LogP contribution in [0.3, 0.4) is 0 Å². The van der Waals surface area contributed by atoms with Crippen LogP contribution < -0.4 is 5.32 Å². The van der Waals surface area contributed by atoms with Crippen molar-refractivity contribution in [3.63, 3.8) is 0 Å². The minimum absolute atomic E-state index is 0.0925. The number of rotatable bonds is 12. The summed E-state index contributed by atoms with van der Waals surface area (Å²) in [6, 6.07) is 15.3. The number of carbonyl (C=O) groups is 3. The van der Waals surface area contributed by atoms with Crippen LogP contribution in [-0.4, -0.2) is 53.6 Å². The SMILES string of the molecule is CC(C(C(=O)NCCCCC1(C(=O)OC(C)(C)C)CC1)c1ccc(CN2N=C(c3ccccc3)OCC2=O)cc1)C(F)(F)F. The average molecular weight is 616 g/mol. The molecular weight excluding hydrogens is 575 g/mol. The van der Waals surface area contributed by atoms with Gasteiger partial charge in [-0.2, -0.15) is 13.2 Å². The smallest absolute Gasteiger partial charge is 0.392 e. The van der Waals surface area contributed by atoms with Gasteiger partial charge in [0, 0.05) is 12.1 Å². The molecule has 0 bridgehead atoms. The Bertz CT molecular complexity index is 1350. The number of hydrazone groups is 1. The van der Waals surface area contributed by atoms with E-state index in [0.29, 0.717) is 36.3 Å². The van der Waals surface area contributed by atoms with Gasteiger partial charge in [-0.25, -0.2) is 5.01 Å². The third-order valence-electron chi connectivity index (χ3n) is 7.89. The fourth-order valence-electron chi connectivity index (χ4n) is 5.11. The van der Waals surface area contributed by atoms with Crippen molar-refractivity contribution in [2.24, 2.45) is 16.4 Å². The molecule has 0 spiro atoms. The molecule has 1 aliphatic heterocycles. The highest BCUT2D eigenvalue weighted by atomic mass is 19.4. The van der Waals surface area contributed by atoms with E-state index in [1.54, 1.807) is 12.1 Å². The number of ether oxygens (including phenoxy) is 2. The zero-order valence-electron chi connectivity index (χ0n) is 25.6. The highest BCUT2D eigenvalue weighted by Gasteiger charge is 2.51. The van der Waals surface area contributed by atoms with Crippen LogP contribution in [0.25, 0.3) is 0 Å². The first-order chi connectivity index (χ1) is 20.7. The Labute approximate surface area is 256 Å². The van der Waals surface area contributed by atoms with E-state index in [1.807, 2.05) is 51.1 Å². The van der Waals surface area contributed by atoms with Gasteiger partial charge in [-0.05, 0) is 69.7 Å². The van der Waals surface area contributed by atoms with Gasteiger partial charge >= 0.3 is 12.1 Å². The van der Waals surface area contributed by atoms with Gasteiger partial charge < -0.3 is 14.8 Å². The molecule has 4 rings (SSSR count). The fraction of sp³-hybridized carbons (Fsp3) is 0.515. The van der Waals surface area contributed by atoms with Crippen LogP contribution in [0, 0.1) is 11.3 Å². The lowest BCUT2D eigenvalue weighted by molar-refractivity contribution is -0.179. The zero-order chi connectivity index (χ0) is 32.1. The summed E-state index contributed by atoms with van der Waals surface area (Å²) in [5.74, 6) is -4.35. The summed E-state index contributed by atoms with van der Waals surface area (Å²) in [5.41, 5.74) is 0.526. The maximum Gasteiger partial charge on any atom is 0.392 e. The Balaban J connectivity index is 1.36. The van der Waals surface area contributed by atoms with Crippen LogP contribution >= 0.6 is 0 Å². The molecule has 0 aromatic heterocycles. The van der Waals surface area contributed by atoms with Crippen molar-refractivity contribution in [1.29, 1.82) is 0 Å². The van der Waals surface area contributed by atoms with Crippen LogP contribution in [0.5, 0.6) is 0 Å². The van der Waals surface area contributed by atoms with E-state index < -0.39 is 34.9 Å². The Morgan fingerprint density at radius 2 is 1.70 bits per heavy atom. The summed E-state index contributed by atoms with van der Waals surface area (Å²) >= 11 is 0. The lowest BCUT2D eigenvalue weighted by Crippen LogP contribution is -2.38. The summed E-state index contributed by atoms with van der Waals surface area (Å²) in [6.07, 6.45) is -1.28. The van der Waals surface area contributed by atoms with E-state index in [0.717, 1.165) is 19.8 Å². The molecule has 2 amide bonds. The molecule has 1 heterocycles. The number of unbranched alkanes of at least 4 members (excludes halogenated alkanes) is 1. The molecule has 2 unspecified atom stereocenters. The quantitative estimate of drug-likeness (QED) is 0.230. The van der Waals surface area contributed by atoms with Crippen LogP contribution in [-0.2, 0) is 30.4 Å². The van der Waals surface area contributed by atoms with E-state index in [-0.39, 0.29) is 37.1 Å². The van der Waals surface area contributed by atoms with Gasteiger partial charge in [-0.15, -0.1) is 5.10 Å². The fourth-order valence-corrected chi connectivity index (χ4v) is 5.11. The zero-order valence-corrected chi connectivity index (χ0v) is 25.6. The van der Waals surface area contributed by atoms with Gasteiger partial charge in [0.15, 0.2) is 6.61 Å². The molecule has 1 N–H and O–H groups in total. The first-order valence-electron chi connectivity index (χ1n) is 14.9. The molecule has 1 aliphatic carbocycles. The number of hydrogen-bond donors (Lipinski definition) is 1. The van der Waals surface area contributed by atoms with E-state index in [4.69, 9.17) is 9.47 Å². The Hall–Kier alpha value is -3.89. The molecular formula is C33H40F3N3O5. The summed E-state index contributed by atoms with van der Waals surface area (Å²) in [4.78, 5) is 38.1. The Morgan fingerprint density at radius 3 is 2.30 bits per heavy atom. The second-order valence-corrected chi connectivity index (χ2v) is 12.6. The van der Waals surface area contributed by atoms with Crippen molar-refractivity contribution in [2.45, 2.75) is 84.0 Å². The van der Waals surface area contributed by atoms with E-state index >= 15 is 0 Å². The number of alkyl halides is 3. The van der Waals surface area contributed by atoms with Gasteiger partial charge in [0.05, 0.1) is 23.8 Å². The molecule has 1 fully saturated rings. The van der Waals surface area contributed by atoms with E-state index in [2.05, 4.69) is 10.4 Å². The second kappa shape index (κ2) is 13.4. The summed E-state index contributed by atoms with van der Waals surface area (Å²) in [6.45, 7) is 6.58. The van der Waals surface area contributed by atoms with Crippen molar-refractivity contribution >= 4 is 23.7 Å². The highest BCUT2D eigenvalue weighted by molar-refractivity contribution is 5.97. The summed E-state index contributed by atoms with van der Waals surface area (Å²) in [5, 5.41) is 8.24. The van der Waals surface area contributed by atoms with E-state index in [1.165, 1.54) is 17.1 Å². The van der Waals surface area contributed by atoms with Gasteiger partial charge in [0.2, 0.25) is 11.8 Å². The molecule has 2 aliphatic rings. The standard InChI is InChI=1S/C33H40F3N3O5/c1-22(33(34,35)36)27(28(41)37-19-9-8-16-32(17-18-32)30(42)44-31(2,3)4)24-14-12-23(13-15-24)20-39-26(40)21-43-29(38-39)25-10-6-5-7-11-25/h5-7,10-15,22,27H,8-9,16-21H2,1-4H3,(H,37,41). The highest BCUT2D eigenvalue weighted by Crippen LogP contribution is 2.51. The predicted molar refractivity (Wildman–Crippen MR) is 158 cm³/mol. The van der Waals surface area contributed by atoms with Crippen molar-refractivity contribution in [2.75, 3.05) is 13.2 Å². The molecule has 2 aromatic carbocycles. The minimum Gasteiger partial charge on any atom is -0.466 e. The lowest BCUT2D eigenvalue weighted by atomic mass is 9.85. The topological polar surface area (TPSA) is 97.3 Å². The lowest BCUT2D eigenvalue weighted by Gasteiger charge is -2.26. The number of benzene rings is 2. The number of nitrogens with one attached hydrogen (secondary N) is 1. The maximum atomic E-state index is 13.8. The summed E-state index contributed by atoms with van der Waals surface area (Å²) in [7, 11) is 0. The van der Waals surface area contributed by atoms with Gasteiger partial charge in [-0.1, -0.05) is 55.8 Å².